The highest BCUT2D eigenvalue weighted by molar-refractivity contribution is 7.97. The predicted octanol–water partition coefficient (Wildman–Crippen LogP) is 8.23. The van der Waals surface area contributed by atoms with Crippen molar-refractivity contribution in [2.45, 2.75) is 90.5 Å². The molecule has 1 aliphatic carbocycles. The Kier molecular flexibility index (Phi) is 8.93. The number of hydrogen-bond acceptors (Lipinski definition) is 6. The fourth-order valence-corrected chi connectivity index (χ4v) is 8.47. The maximum absolute atomic E-state index is 15.1. The monoisotopic (exact) mass is 656 g/mol. The van der Waals surface area contributed by atoms with E-state index < -0.39 is 5.66 Å². The number of anilines is 1. The Labute approximate surface area is 281 Å². The first-order valence-corrected chi connectivity index (χ1v) is 17.9. The van der Waals surface area contributed by atoms with Crippen molar-refractivity contribution in [3.8, 4) is 17.0 Å². The molecule has 2 N–H and O–H groups in total. The van der Waals surface area contributed by atoms with Gasteiger partial charge in [0.25, 0.3) is 0 Å². The van der Waals surface area contributed by atoms with Crippen LogP contribution in [0.25, 0.3) is 22.2 Å². The van der Waals surface area contributed by atoms with E-state index in [0.29, 0.717) is 37.1 Å². The smallest absolute Gasteiger partial charge is 0.349 e. The minimum atomic E-state index is -0.630. The average Bonchev–Trinajstić information content (AvgIpc) is 3.37. The van der Waals surface area contributed by atoms with Crippen LogP contribution in [-0.4, -0.2) is 44.1 Å². The van der Waals surface area contributed by atoms with Gasteiger partial charge in [0, 0.05) is 53.3 Å². The zero-order valence-corrected chi connectivity index (χ0v) is 28.6. The van der Waals surface area contributed by atoms with Crippen molar-refractivity contribution in [1.29, 1.82) is 0 Å². The van der Waals surface area contributed by atoms with Crippen LogP contribution in [0.2, 0.25) is 0 Å². The third-order valence-corrected chi connectivity index (χ3v) is 10.6. The molecule has 248 valence electrons. The largest absolute Gasteiger partial charge is 0.492 e. The van der Waals surface area contributed by atoms with Gasteiger partial charge in [-0.2, -0.15) is 4.41 Å². The summed E-state index contributed by atoms with van der Waals surface area (Å²) < 4.78 is 25.7. The van der Waals surface area contributed by atoms with Crippen molar-refractivity contribution in [2.24, 2.45) is 5.92 Å². The van der Waals surface area contributed by atoms with E-state index >= 15 is 4.39 Å². The number of pyridine rings is 1. The molecular formula is C37H45FN6O2S. The van der Waals surface area contributed by atoms with Crippen LogP contribution in [0.4, 0.5) is 14.9 Å². The first-order chi connectivity index (χ1) is 22.7. The van der Waals surface area contributed by atoms with Crippen LogP contribution in [0.3, 0.4) is 0 Å². The summed E-state index contributed by atoms with van der Waals surface area (Å²) in [6.45, 7) is 9.88. The van der Waals surface area contributed by atoms with Crippen LogP contribution < -0.4 is 20.4 Å². The van der Waals surface area contributed by atoms with Gasteiger partial charge in [-0.1, -0.05) is 38.3 Å². The lowest BCUT2D eigenvalue weighted by Gasteiger charge is -2.39. The molecule has 2 aromatic carbocycles. The van der Waals surface area contributed by atoms with E-state index in [2.05, 4.69) is 59.3 Å². The third-order valence-electron chi connectivity index (χ3n) is 9.88. The van der Waals surface area contributed by atoms with E-state index in [1.54, 1.807) is 22.7 Å². The average molecular weight is 657 g/mol. The second-order valence-corrected chi connectivity index (χ2v) is 14.9. The highest BCUT2D eigenvalue weighted by Gasteiger charge is 2.36. The zero-order chi connectivity index (χ0) is 32.7. The maximum Gasteiger partial charge on any atom is 0.349 e. The number of benzene rings is 2. The van der Waals surface area contributed by atoms with Crippen LogP contribution in [0, 0.1) is 11.7 Å². The Bertz CT molecular complexity index is 1750. The third kappa shape index (κ3) is 6.35. The van der Waals surface area contributed by atoms with E-state index in [1.807, 2.05) is 30.2 Å². The number of fused-ring (bicyclic) bond motifs is 4. The molecule has 2 aromatic heterocycles. The normalized spacial score (nSPS) is 21.9. The first-order valence-electron chi connectivity index (χ1n) is 17.0. The predicted molar refractivity (Wildman–Crippen MR) is 188 cm³/mol. The summed E-state index contributed by atoms with van der Waals surface area (Å²) in [4.78, 5) is 20.8. The molecule has 2 aliphatic heterocycles. The van der Waals surface area contributed by atoms with Gasteiger partial charge in [-0.05, 0) is 99.0 Å². The SMILES string of the molecule is CCSN1NC(C)(C)NC(C)[C@@H]2COc3ccc(F)cc3-c3c(C4CCCCC4)c4ccc(cc4n3C2)N(Cc2cccnc2)C1=O. The van der Waals surface area contributed by atoms with Crippen LogP contribution in [0.15, 0.2) is 60.9 Å². The van der Waals surface area contributed by atoms with Gasteiger partial charge >= 0.3 is 6.03 Å². The molecule has 3 aliphatic rings. The van der Waals surface area contributed by atoms with Gasteiger partial charge in [0.05, 0.1) is 30.0 Å². The van der Waals surface area contributed by atoms with Crippen LogP contribution in [0.5, 0.6) is 5.75 Å². The number of hydrazine groups is 1. The highest BCUT2D eigenvalue weighted by atomic mass is 32.2. The number of aromatic nitrogens is 2. The van der Waals surface area contributed by atoms with Gasteiger partial charge in [0.2, 0.25) is 0 Å². The van der Waals surface area contributed by atoms with E-state index in [0.717, 1.165) is 40.9 Å². The van der Waals surface area contributed by atoms with E-state index in [9.17, 15) is 4.79 Å². The molecule has 4 aromatic rings. The molecule has 1 unspecified atom stereocenters. The Morgan fingerprint density at radius 1 is 1.11 bits per heavy atom. The minimum Gasteiger partial charge on any atom is -0.492 e. The molecule has 0 radical (unpaired) electrons. The number of halogens is 1. The number of carbonyl (C=O) groups excluding carboxylic acids is 1. The van der Waals surface area contributed by atoms with Gasteiger partial charge in [-0.15, -0.1) is 0 Å². The number of nitrogens with zero attached hydrogens (tertiary/aromatic N) is 4. The van der Waals surface area contributed by atoms with Gasteiger partial charge in [-0.3, -0.25) is 15.2 Å². The summed E-state index contributed by atoms with van der Waals surface area (Å²) in [6.07, 6.45) is 9.39. The standard InChI is InChI=1S/C37H45FN6O2S/c1-5-47-44-36(45)42(21-25-10-9-17-39-20-25)29-14-15-30-32(19-29)43-22-27(24(2)40-37(3,4)41-44)23-46-33-16-13-28(38)18-31(33)35(43)34(30)26-11-7-6-8-12-26/h9-10,13-20,24,26-27,40-41H,5-8,11-12,21-23H2,1-4H3/t24?,27-/m0/s1. The summed E-state index contributed by atoms with van der Waals surface area (Å²) >= 11 is 1.45. The molecule has 4 heterocycles. The Balaban J connectivity index is 1.50. The Hall–Kier alpha value is -3.60. The van der Waals surface area contributed by atoms with E-state index in [-0.39, 0.29) is 23.8 Å². The Morgan fingerprint density at radius 3 is 2.70 bits per heavy atom. The number of urea groups is 1. The van der Waals surface area contributed by atoms with Crippen molar-refractivity contribution in [1.82, 2.24) is 24.7 Å². The van der Waals surface area contributed by atoms with Crippen molar-refractivity contribution in [3.05, 3.63) is 77.9 Å². The van der Waals surface area contributed by atoms with E-state index in [1.165, 1.54) is 48.2 Å². The summed E-state index contributed by atoms with van der Waals surface area (Å²) in [6, 6.07) is 15.1. The minimum absolute atomic E-state index is 0.0157. The Morgan fingerprint density at radius 2 is 1.94 bits per heavy atom. The molecule has 0 spiro atoms. The lowest BCUT2D eigenvalue weighted by molar-refractivity contribution is 0.137. The summed E-state index contributed by atoms with van der Waals surface area (Å²) in [5, 5.41) is 4.96. The molecular weight excluding hydrogens is 612 g/mol. The van der Waals surface area contributed by atoms with Crippen molar-refractivity contribution in [3.63, 3.8) is 0 Å². The number of carbonyl (C=O) groups is 1. The van der Waals surface area contributed by atoms with Gasteiger partial charge in [-0.25, -0.2) is 14.6 Å². The number of amides is 2. The summed E-state index contributed by atoms with van der Waals surface area (Å²) in [5.74, 6) is 1.61. The van der Waals surface area contributed by atoms with Crippen molar-refractivity contribution in [2.75, 3.05) is 17.3 Å². The van der Waals surface area contributed by atoms with Gasteiger partial charge < -0.3 is 9.30 Å². The molecule has 10 heteroatoms. The molecule has 2 atom stereocenters. The molecule has 0 saturated heterocycles. The van der Waals surface area contributed by atoms with Crippen molar-refractivity contribution < 1.29 is 13.9 Å². The molecule has 7 rings (SSSR count). The summed E-state index contributed by atoms with van der Waals surface area (Å²) in [5.41, 5.74) is 8.82. The van der Waals surface area contributed by atoms with Crippen LogP contribution >= 0.6 is 11.9 Å². The number of nitrogens with one attached hydrogen (secondary N) is 2. The molecule has 47 heavy (non-hydrogen) atoms. The van der Waals surface area contributed by atoms with Crippen LogP contribution in [0.1, 0.15) is 76.8 Å². The molecule has 1 fully saturated rings. The number of hydrogen-bond donors (Lipinski definition) is 2. The quantitative estimate of drug-likeness (QED) is 0.211. The lowest BCUT2D eigenvalue weighted by atomic mass is 9.81. The second kappa shape index (κ2) is 13.1. The second-order valence-electron chi connectivity index (χ2n) is 13.7. The number of ether oxygens (including phenoxy) is 1. The highest BCUT2D eigenvalue weighted by Crippen LogP contribution is 2.48. The summed E-state index contributed by atoms with van der Waals surface area (Å²) in [7, 11) is 0. The topological polar surface area (TPSA) is 74.7 Å². The zero-order valence-electron chi connectivity index (χ0n) is 27.8. The van der Waals surface area contributed by atoms with Gasteiger partial charge in [0.15, 0.2) is 0 Å². The molecule has 1 saturated carbocycles. The number of rotatable bonds is 5. The van der Waals surface area contributed by atoms with Crippen LogP contribution in [-0.2, 0) is 13.1 Å². The maximum atomic E-state index is 15.1. The molecule has 2 amide bonds. The van der Waals surface area contributed by atoms with Crippen molar-refractivity contribution >= 4 is 34.6 Å². The fourth-order valence-electron chi connectivity index (χ4n) is 7.71. The van der Waals surface area contributed by atoms with Gasteiger partial charge in [0.1, 0.15) is 11.6 Å². The molecule has 4 bridgehead atoms. The van der Waals surface area contributed by atoms with E-state index in [4.69, 9.17) is 4.74 Å². The molecule has 8 nitrogen and oxygen atoms in total. The lowest BCUT2D eigenvalue weighted by Crippen LogP contribution is -2.63. The first kappa shape index (κ1) is 32.0. The fraction of sp³-hybridized carbons (Fsp3) is 0.459.